The molecule has 2 heterocycles. The zero-order valence-corrected chi connectivity index (χ0v) is 11.3. The van der Waals surface area contributed by atoms with E-state index in [1.165, 1.54) is 0 Å². The number of amides is 1. The zero-order chi connectivity index (χ0) is 13.2. The van der Waals surface area contributed by atoms with Gasteiger partial charge in [0.1, 0.15) is 0 Å². The van der Waals surface area contributed by atoms with Gasteiger partial charge >= 0.3 is 0 Å². The van der Waals surface area contributed by atoms with Crippen LogP contribution in [-0.2, 0) is 10.2 Å². The van der Waals surface area contributed by atoms with Gasteiger partial charge in [-0.25, -0.2) is 0 Å². The molecular formula is C13H22N4O. The molecule has 100 valence electrons. The minimum absolute atomic E-state index is 0.0130. The average Bonchev–Trinajstić information content (AvgIpc) is 2.78. The molecule has 1 atom stereocenters. The lowest BCUT2D eigenvalue weighted by Gasteiger charge is -2.21. The first kappa shape index (κ1) is 13.1. The summed E-state index contributed by atoms with van der Waals surface area (Å²) in [5, 5.41) is 13.2. The minimum Gasteiger partial charge on any atom is -0.308 e. The second-order valence-electron chi connectivity index (χ2n) is 5.91. The lowest BCUT2D eigenvalue weighted by atomic mass is 9.92. The van der Waals surface area contributed by atoms with Crippen LogP contribution in [0, 0.1) is 0 Å². The highest BCUT2D eigenvalue weighted by molar-refractivity contribution is 5.94. The Balaban J connectivity index is 1.96. The van der Waals surface area contributed by atoms with E-state index in [2.05, 4.69) is 41.6 Å². The number of H-pyrrole nitrogens is 1. The fraction of sp³-hybridized carbons (Fsp3) is 0.692. The smallest absolute Gasteiger partial charge is 0.242 e. The molecule has 18 heavy (non-hydrogen) atoms. The molecule has 1 amide bonds. The van der Waals surface area contributed by atoms with Gasteiger partial charge in [-0.05, 0) is 19.4 Å². The number of carbonyl (C=O) groups is 1. The number of aromatic nitrogens is 2. The summed E-state index contributed by atoms with van der Waals surface area (Å²) < 4.78 is 0. The van der Waals surface area contributed by atoms with E-state index in [1.54, 1.807) is 0 Å². The molecule has 5 heteroatoms. The van der Waals surface area contributed by atoms with Crippen LogP contribution in [0.1, 0.15) is 45.7 Å². The third kappa shape index (κ3) is 3.10. The van der Waals surface area contributed by atoms with Crippen molar-refractivity contribution in [3.05, 3.63) is 11.8 Å². The first-order valence-electron chi connectivity index (χ1n) is 6.57. The summed E-state index contributed by atoms with van der Waals surface area (Å²) in [6.07, 6.45) is 3.17. The fourth-order valence-electron chi connectivity index (χ4n) is 2.06. The number of nitrogens with zero attached hydrogens (tertiary/aromatic N) is 1. The van der Waals surface area contributed by atoms with Crippen molar-refractivity contribution in [3.8, 4) is 0 Å². The quantitative estimate of drug-likeness (QED) is 0.749. The first-order chi connectivity index (χ1) is 8.47. The SMILES string of the molecule is CC(C)(C)c1cc(NC(=O)[C@@H]2CCCCN2)n[nH]1. The van der Waals surface area contributed by atoms with E-state index in [0.717, 1.165) is 31.5 Å². The van der Waals surface area contributed by atoms with E-state index < -0.39 is 0 Å². The van der Waals surface area contributed by atoms with Crippen LogP contribution in [0.2, 0.25) is 0 Å². The Labute approximate surface area is 108 Å². The Morgan fingerprint density at radius 3 is 2.78 bits per heavy atom. The maximum atomic E-state index is 12.0. The molecule has 0 aliphatic carbocycles. The maximum absolute atomic E-state index is 12.0. The van der Waals surface area contributed by atoms with Gasteiger partial charge in [0.15, 0.2) is 5.82 Å². The Morgan fingerprint density at radius 2 is 2.22 bits per heavy atom. The second kappa shape index (κ2) is 5.10. The molecule has 2 rings (SSSR count). The van der Waals surface area contributed by atoms with E-state index in [0.29, 0.717) is 5.82 Å². The highest BCUT2D eigenvalue weighted by Crippen LogP contribution is 2.22. The Kier molecular flexibility index (Phi) is 3.71. The third-order valence-electron chi connectivity index (χ3n) is 3.26. The third-order valence-corrected chi connectivity index (χ3v) is 3.26. The van der Waals surface area contributed by atoms with Crippen molar-refractivity contribution in [1.29, 1.82) is 0 Å². The first-order valence-corrected chi connectivity index (χ1v) is 6.57. The molecule has 5 nitrogen and oxygen atoms in total. The van der Waals surface area contributed by atoms with Crippen molar-refractivity contribution < 1.29 is 4.79 Å². The fourth-order valence-corrected chi connectivity index (χ4v) is 2.06. The largest absolute Gasteiger partial charge is 0.308 e. The number of nitrogens with one attached hydrogen (secondary N) is 3. The van der Waals surface area contributed by atoms with Crippen LogP contribution >= 0.6 is 0 Å². The van der Waals surface area contributed by atoms with Crippen LogP contribution in [-0.4, -0.2) is 28.7 Å². The van der Waals surface area contributed by atoms with Crippen molar-refractivity contribution in [2.75, 3.05) is 11.9 Å². The van der Waals surface area contributed by atoms with Gasteiger partial charge in [-0.3, -0.25) is 9.89 Å². The van der Waals surface area contributed by atoms with Gasteiger partial charge in [-0.2, -0.15) is 5.10 Å². The topological polar surface area (TPSA) is 69.8 Å². The normalized spacial score (nSPS) is 20.7. The summed E-state index contributed by atoms with van der Waals surface area (Å²) in [6.45, 7) is 7.24. The van der Waals surface area contributed by atoms with Crippen LogP contribution in [0.3, 0.4) is 0 Å². The number of hydrogen-bond acceptors (Lipinski definition) is 3. The highest BCUT2D eigenvalue weighted by atomic mass is 16.2. The van der Waals surface area contributed by atoms with Crippen LogP contribution in [0.15, 0.2) is 6.07 Å². The number of hydrogen-bond donors (Lipinski definition) is 3. The predicted octanol–water partition coefficient (Wildman–Crippen LogP) is 1.79. The van der Waals surface area contributed by atoms with Gasteiger partial charge < -0.3 is 10.6 Å². The van der Waals surface area contributed by atoms with E-state index in [1.807, 2.05) is 6.07 Å². The van der Waals surface area contributed by atoms with Gasteiger partial charge in [0.05, 0.1) is 6.04 Å². The number of aromatic amines is 1. The van der Waals surface area contributed by atoms with Crippen LogP contribution in [0.4, 0.5) is 5.82 Å². The Hall–Kier alpha value is -1.36. The number of rotatable bonds is 2. The molecule has 1 saturated heterocycles. The van der Waals surface area contributed by atoms with Gasteiger partial charge in [0, 0.05) is 17.2 Å². The molecule has 1 aromatic heterocycles. The summed E-state index contributed by atoms with van der Waals surface area (Å²) >= 11 is 0. The standard InChI is InChI=1S/C13H22N4O/c1-13(2,3)10-8-11(17-16-10)15-12(18)9-6-4-5-7-14-9/h8-9,14H,4-7H2,1-3H3,(H2,15,16,17,18)/t9-/m0/s1. The lowest BCUT2D eigenvalue weighted by Crippen LogP contribution is -2.43. The number of carbonyl (C=O) groups excluding carboxylic acids is 1. The van der Waals surface area contributed by atoms with Crippen molar-refractivity contribution in [1.82, 2.24) is 15.5 Å². The maximum Gasteiger partial charge on any atom is 0.242 e. The van der Waals surface area contributed by atoms with E-state index in [9.17, 15) is 4.79 Å². The molecule has 1 aliphatic heterocycles. The van der Waals surface area contributed by atoms with Crippen molar-refractivity contribution >= 4 is 11.7 Å². The Morgan fingerprint density at radius 1 is 1.44 bits per heavy atom. The second-order valence-corrected chi connectivity index (χ2v) is 5.91. The van der Waals surface area contributed by atoms with E-state index in [4.69, 9.17) is 0 Å². The summed E-state index contributed by atoms with van der Waals surface area (Å²) in [5.41, 5.74) is 1.04. The van der Waals surface area contributed by atoms with Gasteiger partial charge in [0.25, 0.3) is 0 Å². The average molecular weight is 250 g/mol. The van der Waals surface area contributed by atoms with Crippen molar-refractivity contribution in [3.63, 3.8) is 0 Å². The molecule has 0 bridgehead atoms. The van der Waals surface area contributed by atoms with Crippen molar-refractivity contribution in [2.24, 2.45) is 0 Å². The summed E-state index contributed by atoms with van der Waals surface area (Å²) in [4.78, 5) is 12.0. The molecule has 1 aromatic rings. The monoisotopic (exact) mass is 250 g/mol. The molecule has 3 N–H and O–H groups in total. The van der Waals surface area contributed by atoms with Crippen LogP contribution < -0.4 is 10.6 Å². The molecule has 0 aromatic carbocycles. The lowest BCUT2D eigenvalue weighted by molar-refractivity contribution is -0.118. The number of anilines is 1. The van der Waals surface area contributed by atoms with E-state index in [-0.39, 0.29) is 17.4 Å². The van der Waals surface area contributed by atoms with Gasteiger partial charge in [0.2, 0.25) is 5.91 Å². The molecule has 0 radical (unpaired) electrons. The molecule has 0 unspecified atom stereocenters. The molecule has 1 aliphatic rings. The van der Waals surface area contributed by atoms with Crippen LogP contribution in [0.25, 0.3) is 0 Å². The highest BCUT2D eigenvalue weighted by Gasteiger charge is 2.22. The summed E-state index contributed by atoms with van der Waals surface area (Å²) in [5.74, 6) is 0.624. The molecule has 0 saturated carbocycles. The van der Waals surface area contributed by atoms with E-state index >= 15 is 0 Å². The van der Waals surface area contributed by atoms with Crippen molar-refractivity contribution in [2.45, 2.75) is 51.5 Å². The zero-order valence-electron chi connectivity index (χ0n) is 11.3. The van der Waals surface area contributed by atoms with Gasteiger partial charge in [-0.15, -0.1) is 0 Å². The van der Waals surface area contributed by atoms with Crippen LogP contribution in [0.5, 0.6) is 0 Å². The predicted molar refractivity (Wildman–Crippen MR) is 71.6 cm³/mol. The summed E-state index contributed by atoms with van der Waals surface area (Å²) in [7, 11) is 0. The number of piperidine rings is 1. The van der Waals surface area contributed by atoms with Gasteiger partial charge in [-0.1, -0.05) is 27.2 Å². The molecule has 1 fully saturated rings. The minimum atomic E-state index is -0.0754. The molecular weight excluding hydrogens is 228 g/mol. The molecule has 0 spiro atoms. The summed E-state index contributed by atoms with van der Waals surface area (Å²) in [6, 6.07) is 1.83. The Bertz CT molecular complexity index is 413.